The number of fused-ring (bicyclic) bond motifs is 1. The predicted molar refractivity (Wildman–Crippen MR) is 137 cm³/mol. The lowest BCUT2D eigenvalue weighted by Crippen LogP contribution is -2.18. The van der Waals surface area contributed by atoms with Crippen LogP contribution in [-0.2, 0) is 20.0 Å². The fourth-order valence-electron chi connectivity index (χ4n) is 3.56. The largest absolute Gasteiger partial charge is 0.508 e. The molecule has 0 aliphatic carbocycles. The van der Waals surface area contributed by atoms with Crippen molar-refractivity contribution in [2.24, 2.45) is 11.5 Å². The first-order valence-corrected chi connectivity index (χ1v) is 13.4. The van der Waals surface area contributed by atoms with Crippen LogP contribution in [-0.4, -0.2) is 33.8 Å². The lowest BCUT2D eigenvalue weighted by Gasteiger charge is -2.15. The van der Waals surface area contributed by atoms with Crippen LogP contribution in [0.4, 0.5) is 11.4 Å². The molecule has 0 fully saturated rings. The monoisotopic (exact) mass is 540 g/mol. The van der Waals surface area contributed by atoms with E-state index in [1.807, 2.05) is 0 Å². The summed E-state index contributed by atoms with van der Waals surface area (Å²) in [5.74, 6) is -1.76. The standard InChI is InChI=1S/C24H20N4O7S2/c25-23(30)15-3-1-5-17(9-15)27-36(32,33)20-11-14-7-8-19(29)12-21(14)22(13-20)37(34,35)28-18-6-2-4-16(10-18)24(26)31/h1-13,27-29H,(H2,25,30)(H2,26,31). The summed E-state index contributed by atoms with van der Waals surface area (Å²) in [7, 11) is -8.79. The molecule has 2 amide bonds. The fraction of sp³-hybridized carbons (Fsp3) is 0. The molecular formula is C24H20N4O7S2. The number of anilines is 2. The zero-order valence-corrected chi connectivity index (χ0v) is 20.5. The molecule has 0 bridgehead atoms. The molecule has 13 heteroatoms. The first-order valence-electron chi connectivity index (χ1n) is 10.5. The Morgan fingerprint density at radius 1 is 0.676 bits per heavy atom. The average molecular weight is 541 g/mol. The summed E-state index contributed by atoms with van der Waals surface area (Å²) < 4.78 is 57.8. The summed E-state index contributed by atoms with van der Waals surface area (Å²) in [6.07, 6.45) is 0. The van der Waals surface area contributed by atoms with Crippen molar-refractivity contribution in [3.05, 3.63) is 90.0 Å². The van der Waals surface area contributed by atoms with Crippen molar-refractivity contribution in [1.82, 2.24) is 0 Å². The summed E-state index contributed by atoms with van der Waals surface area (Å²) in [6, 6.07) is 16.9. The number of hydrogen-bond acceptors (Lipinski definition) is 7. The topological polar surface area (TPSA) is 199 Å². The molecule has 37 heavy (non-hydrogen) atoms. The van der Waals surface area contributed by atoms with Crippen LogP contribution in [0.5, 0.6) is 5.75 Å². The molecular weight excluding hydrogens is 520 g/mol. The second-order valence-electron chi connectivity index (χ2n) is 7.93. The van der Waals surface area contributed by atoms with Gasteiger partial charge in [0.15, 0.2) is 0 Å². The number of benzene rings is 4. The Morgan fingerprint density at radius 3 is 1.76 bits per heavy atom. The van der Waals surface area contributed by atoms with E-state index in [4.69, 9.17) is 11.5 Å². The smallest absolute Gasteiger partial charge is 0.262 e. The highest BCUT2D eigenvalue weighted by molar-refractivity contribution is 7.93. The normalized spacial score (nSPS) is 11.7. The van der Waals surface area contributed by atoms with Crippen molar-refractivity contribution >= 4 is 54.0 Å². The number of phenols is 1. The van der Waals surface area contributed by atoms with Crippen molar-refractivity contribution in [3.8, 4) is 5.75 Å². The van der Waals surface area contributed by atoms with E-state index in [2.05, 4.69) is 9.44 Å². The van der Waals surface area contributed by atoms with Crippen LogP contribution in [0, 0.1) is 0 Å². The molecule has 0 aliphatic heterocycles. The Labute approximate surface area is 211 Å². The molecule has 0 heterocycles. The number of sulfonamides is 2. The highest BCUT2D eigenvalue weighted by atomic mass is 32.2. The molecule has 0 spiro atoms. The number of rotatable bonds is 8. The van der Waals surface area contributed by atoms with Gasteiger partial charge in [-0.15, -0.1) is 0 Å². The van der Waals surface area contributed by atoms with Gasteiger partial charge in [-0.25, -0.2) is 16.8 Å². The number of phenolic OH excluding ortho intramolecular Hbond substituents is 1. The number of aromatic hydroxyl groups is 1. The number of nitrogens with two attached hydrogens (primary N) is 2. The second kappa shape index (κ2) is 9.44. The van der Waals surface area contributed by atoms with Gasteiger partial charge in [0.2, 0.25) is 11.8 Å². The van der Waals surface area contributed by atoms with E-state index >= 15 is 0 Å². The molecule has 4 rings (SSSR count). The van der Waals surface area contributed by atoms with E-state index in [0.717, 1.165) is 6.07 Å². The molecule has 0 aliphatic rings. The Balaban J connectivity index is 1.83. The Bertz CT molecular complexity index is 1790. The van der Waals surface area contributed by atoms with Crippen LogP contribution in [0.25, 0.3) is 10.8 Å². The number of nitrogens with one attached hydrogen (secondary N) is 2. The summed E-state index contributed by atoms with van der Waals surface area (Å²) in [5, 5.41) is 10.2. The van der Waals surface area contributed by atoms with Crippen LogP contribution < -0.4 is 20.9 Å². The number of primary amides is 2. The lowest BCUT2D eigenvalue weighted by molar-refractivity contribution is 0.0992. The van der Waals surface area contributed by atoms with E-state index in [1.165, 1.54) is 72.8 Å². The zero-order chi connectivity index (χ0) is 27.0. The van der Waals surface area contributed by atoms with Crippen LogP contribution >= 0.6 is 0 Å². The maximum atomic E-state index is 13.4. The van der Waals surface area contributed by atoms with Gasteiger partial charge in [0, 0.05) is 27.9 Å². The van der Waals surface area contributed by atoms with Gasteiger partial charge in [-0.05, 0) is 66.0 Å². The Morgan fingerprint density at radius 2 is 1.22 bits per heavy atom. The van der Waals surface area contributed by atoms with E-state index in [9.17, 15) is 31.5 Å². The van der Waals surface area contributed by atoms with E-state index in [-0.39, 0.29) is 39.0 Å². The van der Waals surface area contributed by atoms with Gasteiger partial charge in [-0.3, -0.25) is 19.0 Å². The number of amides is 2. The van der Waals surface area contributed by atoms with Gasteiger partial charge in [0.05, 0.1) is 9.79 Å². The molecule has 190 valence electrons. The minimum absolute atomic E-state index is 0.0132. The van der Waals surface area contributed by atoms with Gasteiger partial charge in [0.25, 0.3) is 20.0 Å². The van der Waals surface area contributed by atoms with Crippen molar-refractivity contribution in [3.63, 3.8) is 0 Å². The molecule has 0 saturated heterocycles. The predicted octanol–water partition coefficient (Wildman–Crippen LogP) is 2.34. The SMILES string of the molecule is NC(=O)c1cccc(NS(=O)(=O)c2cc(S(=O)(=O)Nc3cccc(C(N)=O)c3)c3cc(O)ccc3c2)c1. The van der Waals surface area contributed by atoms with Crippen molar-refractivity contribution in [1.29, 1.82) is 0 Å². The first-order chi connectivity index (χ1) is 17.4. The number of carbonyl (C=O) groups excluding carboxylic acids is 2. The third kappa shape index (κ3) is 5.47. The molecule has 0 atom stereocenters. The molecule has 11 nitrogen and oxygen atoms in total. The van der Waals surface area contributed by atoms with Crippen molar-refractivity contribution in [2.45, 2.75) is 9.79 Å². The van der Waals surface area contributed by atoms with Gasteiger partial charge in [-0.2, -0.15) is 0 Å². The molecule has 0 aromatic heterocycles. The van der Waals surface area contributed by atoms with Gasteiger partial charge in [0.1, 0.15) is 5.75 Å². The van der Waals surface area contributed by atoms with Gasteiger partial charge >= 0.3 is 0 Å². The number of hydrogen-bond donors (Lipinski definition) is 5. The van der Waals surface area contributed by atoms with E-state index in [0.29, 0.717) is 0 Å². The van der Waals surface area contributed by atoms with Crippen LogP contribution in [0.3, 0.4) is 0 Å². The first kappa shape index (κ1) is 25.5. The molecule has 4 aromatic rings. The summed E-state index contributed by atoms with van der Waals surface area (Å²) in [6.45, 7) is 0. The van der Waals surface area contributed by atoms with Crippen molar-refractivity contribution in [2.75, 3.05) is 9.44 Å². The average Bonchev–Trinajstić information content (AvgIpc) is 2.83. The fourth-order valence-corrected chi connectivity index (χ4v) is 6.04. The van der Waals surface area contributed by atoms with Gasteiger partial charge in [-0.1, -0.05) is 18.2 Å². The third-order valence-electron chi connectivity index (χ3n) is 5.27. The zero-order valence-electron chi connectivity index (χ0n) is 18.9. The minimum Gasteiger partial charge on any atom is -0.508 e. The molecule has 0 radical (unpaired) electrons. The Hall–Kier alpha value is -4.62. The highest BCUT2D eigenvalue weighted by Crippen LogP contribution is 2.32. The summed E-state index contributed by atoms with van der Waals surface area (Å²) in [4.78, 5) is 22.1. The lowest BCUT2D eigenvalue weighted by atomic mass is 10.1. The van der Waals surface area contributed by atoms with E-state index < -0.39 is 41.7 Å². The van der Waals surface area contributed by atoms with E-state index in [1.54, 1.807) is 0 Å². The van der Waals surface area contributed by atoms with Gasteiger partial charge < -0.3 is 16.6 Å². The molecule has 7 N–H and O–H groups in total. The second-order valence-corrected chi connectivity index (χ2v) is 11.3. The quantitative estimate of drug-likeness (QED) is 0.226. The third-order valence-corrected chi connectivity index (χ3v) is 8.05. The highest BCUT2D eigenvalue weighted by Gasteiger charge is 2.24. The minimum atomic E-state index is -4.44. The van der Waals surface area contributed by atoms with Crippen LogP contribution in [0.1, 0.15) is 20.7 Å². The maximum absolute atomic E-state index is 13.4. The molecule has 0 unspecified atom stereocenters. The molecule has 0 saturated carbocycles. The molecule has 4 aromatic carbocycles. The summed E-state index contributed by atoms with van der Waals surface area (Å²) in [5.41, 5.74) is 10.7. The summed E-state index contributed by atoms with van der Waals surface area (Å²) >= 11 is 0. The maximum Gasteiger partial charge on any atom is 0.262 e. The van der Waals surface area contributed by atoms with Crippen molar-refractivity contribution < 1.29 is 31.5 Å². The Kier molecular flexibility index (Phi) is 6.50. The van der Waals surface area contributed by atoms with Crippen LogP contribution in [0.15, 0.2) is 88.7 Å². The van der Waals surface area contributed by atoms with Crippen LogP contribution in [0.2, 0.25) is 0 Å². The number of carbonyl (C=O) groups is 2.